The van der Waals surface area contributed by atoms with E-state index in [0.717, 1.165) is 11.3 Å². The lowest BCUT2D eigenvalue weighted by Crippen LogP contribution is -2.13. The molecule has 2 rings (SSSR count). The standard InChI is InChI=1S/C14H14FN3/c1-9-3-6-13(12(15)7-9)18-14(16)11-5-4-10(2)17-8-11/h3-8H,1-2H3,(H2,16,18). The van der Waals surface area contributed by atoms with Crippen LogP contribution in [0, 0.1) is 19.7 Å². The number of aliphatic imine (C=N–C) groups is 1. The SMILES string of the molecule is Cc1ccc(N=C(N)c2ccc(C)nc2)c(F)c1. The summed E-state index contributed by atoms with van der Waals surface area (Å²) >= 11 is 0. The minimum Gasteiger partial charge on any atom is -0.383 e. The van der Waals surface area contributed by atoms with Crippen molar-refractivity contribution in [3.63, 3.8) is 0 Å². The molecule has 0 aliphatic heterocycles. The van der Waals surface area contributed by atoms with Gasteiger partial charge in [-0.1, -0.05) is 6.07 Å². The first-order valence-corrected chi connectivity index (χ1v) is 5.59. The Morgan fingerprint density at radius 3 is 2.61 bits per heavy atom. The van der Waals surface area contributed by atoms with Gasteiger partial charge >= 0.3 is 0 Å². The van der Waals surface area contributed by atoms with Crippen molar-refractivity contribution in [2.75, 3.05) is 0 Å². The maximum Gasteiger partial charge on any atom is 0.149 e. The molecule has 0 saturated heterocycles. The van der Waals surface area contributed by atoms with Gasteiger partial charge in [-0.2, -0.15) is 0 Å². The number of halogens is 1. The molecule has 0 saturated carbocycles. The van der Waals surface area contributed by atoms with Crippen LogP contribution in [-0.2, 0) is 0 Å². The summed E-state index contributed by atoms with van der Waals surface area (Å²) in [7, 11) is 0. The lowest BCUT2D eigenvalue weighted by molar-refractivity contribution is 0.628. The Bertz CT molecular complexity index is 588. The first-order chi connectivity index (χ1) is 8.56. The highest BCUT2D eigenvalue weighted by atomic mass is 19.1. The van der Waals surface area contributed by atoms with Crippen molar-refractivity contribution < 1.29 is 4.39 Å². The molecule has 4 heteroatoms. The largest absolute Gasteiger partial charge is 0.383 e. The van der Waals surface area contributed by atoms with Crippen molar-refractivity contribution in [3.05, 3.63) is 59.2 Å². The van der Waals surface area contributed by atoms with Gasteiger partial charge in [0.25, 0.3) is 0 Å². The molecule has 0 aliphatic carbocycles. The maximum atomic E-state index is 13.6. The fourth-order valence-electron chi connectivity index (χ4n) is 1.52. The van der Waals surface area contributed by atoms with E-state index in [1.807, 2.05) is 26.0 Å². The van der Waals surface area contributed by atoms with E-state index in [9.17, 15) is 4.39 Å². The van der Waals surface area contributed by atoms with Crippen LogP contribution in [0.15, 0.2) is 41.5 Å². The Hall–Kier alpha value is -2.23. The minimum absolute atomic E-state index is 0.235. The lowest BCUT2D eigenvalue weighted by Gasteiger charge is -2.03. The van der Waals surface area contributed by atoms with Crippen molar-refractivity contribution >= 4 is 11.5 Å². The van der Waals surface area contributed by atoms with E-state index in [-0.39, 0.29) is 17.3 Å². The summed E-state index contributed by atoms with van der Waals surface area (Å²) < 4.78 is 13.6. The van der Waals surface area contributed by atoms with Crippen LogP contribution in [-0.4, -0.2) is 10.8 Å². The lowest BCUT2D eigenvalue weighted by atomic mass is 10.2. The highest BCUT2D eigenvalue weighted by molar-refractivity contribution is 5.98. The molecule has 0 radical (unpaired) electrons. The van der Waals surface area contributed by atoms with E-state index in [1.54, 1.807) is 18.3 Å². The Balaban J connectivity index is 2.35. The maximum absolute atomic E-state index is 13.6. The van der Waals surface area contributed by atoms with Crippen molar-refractivity contribution in [2.45, 2.75) is 13.8 Å². The van der Waals surface area contributed by atoms with E-state index >= 15 is 0 Å². The second-order valence-electron chi connectivity index (χ2n) is 4.14. The number of hydrogen-bond donors (Lipinski definition) is 1. The number of amidine groups is 1. The predicted molar refractivity (Wildman–Crippen MR) is 70.5 cm³/mol. The molecule has 1 aromatic heterocycles. The monoisotopic (exact) mass is 243 g/mol. The molecule has 0 bridgehead atoms. The molecule has 2 aromatic rings. The minimum atomic E-state index is -0.377. The average Bonchev–Trinajstić information content (AvgIpc) is 2.33. The first-order valence-electron chi connectivity index (χ1n) is 5.59. The molecule has 0 amide bonds. The summed E-state index contributed by atoms with van der Waals surface area (Å²) in [5, 5.41) is 0. The number of hydrogen-bond acceptors (Lipinski definition) is 2. The molecule has 0 unspecified atom stereocenters. The molecule has 2 N–H and O–H groups in total. The van der Waals surface area contributed by atoms with Gasteiger partial charge in [0.05, 0.1) is 0 Å². The normalized spacial score (nSPS) is 11.6. The molecule has 1 heterocycles. The van der Waals surface area contributed by atoms with Crippen molar-refractivity contribution in [3.8, 4) is 0 Å². The van der Waals surface area contributed by atoms with Crippen molar-refractivity contribution in [1.29, 1.82) is 0 Å². The molecule has 0 spiro atoms. The highest BCUT2D eigenvalue weighted by Gasteiger charge is 2.03. The molecular formula is C14H14FN3. The molecule has 0 aliphatic rings. The Kier molecular flexibility index (Phi) is 3.37. The average molecular weight is 243 g/mol. The summed E-state index contributed by atoms with van der Waals surface area (Å²) in [6.07, 6.45) is 1.63. The van der Waals surface area contributed by atoms with Crippen LogP contribution in [0.2, 0.25) is 0 Å². The van der Waals surface area contributed by atoms with Gasteiger partial charge in [0.15, 0.2) is 0 Å². The highest BCUT2D eigenvalue weighted by Crippen LogP contribution is 2.19. The van der Waals surface area contributed by atoms with E-state index in [0.29, 0.717) is 5.56 Å². The van der Waals surface area contributed by atoms with E-state index < -0.39 is 0 Å². The molecule has 92 valence electrons. The zero-order valence-electron chi connectivity index (χ0n) is 10.3. The quantitative estimate of drug-likeness (QED) is 0.651. The summed E-state index contributed by atoms with van der Waals surface area (Å²) in [5.74, 6) is -0.122. The third kappa shape index (κ3) is 2.71. The summed E-state index contributed by atoms with van der Waals surface area (Å²) in [6, 6.07) is 8.48. The first kappa shape index (κ1) is 12.2. The van der Waals surface area contributed by atoms with Crippen molar-refractivity contribution in [2.24, 2.45) is 10.7 Å². The third-order valence-electron chi connectivity index (χ3n) is 2.55. The Labute approximate surface area is 105 Å². The van der Waals surface area contributed by atoms with Crippen molar-refractivity contribution in [1.82, 2.24) is 4.98 Å². The topological polar surface area (TPSA) is 51.3 Å². The summed E-state index contributed by atoms with van der Waals surface area (Å²) in [5.41, 5.74) is 8.49. The predicted octanol–water partition coefficient (Wildman–Crippen LogP) is 2.87. The van der Waals surface area contributed by atoms with Crippen LogP contribution in [0.25, 0.3) is 0 Å². The third-order valence-corrected chi connectivity index (χ3v) is 2.55. The van der Waals surface area contributed by atoms with Gasteiger partial charge in [0.1, 0.15) is 17.3 Å². The van der Waals surface area contributed by atoms with Crippen LogP contribution in [0.3, 0.4) is 0 Å². The van der Waals surface area contributed by atoms with Gasteiger partial charge in [-0.3, -0.25) is 4.98 Å². The van der Waals surface area contributed by atoms with E-state index in [4.69, 9.17) is 5.73 Å². The van der Waals surface area contributed by atoms with E-state index in [1.165, 1.54) is 6.07 Å². The van der Waals surface area contributed by atoms with Gasteiger partial charge in [-0.25, -0.2) is 9.38 Å². The van der Waals surface area contributed by atoms with Gasteiger partial charge in [0, 0.05) is 17.5 Å². The molecular weight excluding hydrogens is 229 g/mol. The van der Waals surface area contributed by atoms with Gasteiger partial charge in [0.2, 0.25) is 0 Å². The Morgan fingerprint density at radius 2 is 2.00 bits per heavy atom. The van der Waals surface area contributed by atoms with E-state index in [2.05, 4.69) is 9.98 Å². The van der Waals surface area contributed by atoms with Crippen LogP contribution >= 0.6 is 0 Å². The molecule has 0 fully saturated rings. The fraction of sp³-hybridized carbons (Fsp3) is 0.143. The number of benzene rings is 1. The van der Waals surface area contributed by atoms with Crippen LogP contribution in [0.1, 0.15) is 16.8 Å². The molecule has 3 nitrogen and oxygen atoms in total. The van der Waals surface area contributed by atoms with Gasteiger partial charge < -0.3 is 5.73 Å². The zero-order valence-corrected chi connectivity index (χ0v) is 10.3. The van der Waals surface area contributed by atoms with Gasteiger partial charge in [-0.05, 0) is 43.7 Å². The molecule has 1 aromatic carbocycles. The number of aromatic nitrogens is 1. The molecule has 18 heavy (non-hydrogen) atoms. The van der Waals surface area contributed by atoms with Crippen LogP contribution in [0.4, 0.5) is 10.1 Å². The van der Waals surface area contributed by atoms with Crippen LogP contribution < -0.4 is 5.73 Å². The smallest absolute Gasteiger partial charge is 0.149 e. The summed E-state index contributed by atoms with van der Waals surface area (Å²) in [4.78, 5) is 8.20. The number of nitrogens with zero attached hydrogens (tertiary/aromatic N) is 2. The number of rotatable bonds is 2. The summed E-state index contributed by atoms with van der Waals surface area (Å²) in [6.45, 7) is 3.71. The number of nitrogens with two attached hydrogens (primary N) is 1. The second kappa shape index (κ2) is 4.96. The Morgan fingerprint density at radius 1 is 1.22 bits per heavy atom. The second-order valence-corrected chi connectivity index (χ2v) is 4.14. The van der Waals surface area contributed by atoms with Gasteiger partial charge in [-0.15, -0.1) is 0 Å². The number of aryl methyl sites for hydroxylation is 2. The fourth-order valence-corrected chi connectivity index (χ4v) is 1.52. The molecule has 0 atom stereocenters. The zero-order chi connectivity index (χ0) is 13.1. The number of pyridine rings is 1. The van der Waals surface area contributed by atoms with Crippen LogP contribution in [0.5, 0.6) is 0 Å².